The first kappa shape index (κ1) is 15.5. The highest BCUT2D eigenvalue weighted by Gasteiger charge is 2.19. The molecule has 1 aromatic heterocycles. The van der Waals surface area contributed by atoms with Crippen LogP contribution in [0, 0.1) is 0 Å². The van der Waals surface area contributed by atoms with Gasteiger partial charge in [-0.1, -0.05) is 13.8 Å². The molecule has 0 fully saturated rings. The highest BCUT2D eigenvalue weighted by molar-refractivity contribution is 5.75. The molecule has 0 bridgehead atoms. The van der Waals surface area contributed by atoms with Gasteiger partial charge in [-0.15, -0.1) is 0 Å². The van der Waals surface area contributed by atoms with Crippen molar-refractivity contribution in [1.29, 1.82) is 0 Å². The molecule has 0 aliphatic carbocycles. The maximum absolute atomic E-state index is 11.6. The number of aryl methyl sites for hydroxylation is 1. The molecule has 0 spiro atoms. The molecule has 1 rings (SSSR count). The van der Waals surface area contributed by atoms with Gasteiger partial charge in [-0.25, -0.2) is 0 Å². The van der Waals surface area contributed by atoms with Crippen LogP contribution in [0.1, 0.15) is 27.2 Å². The van der Waals surface area contributed by atoms with Crippen molar-refractivity contribution in [1.82, 2.24) is 15.1 Å². The summed E-state index contributed by atoms with van der Waals surface area (Å²) in [5, 5.41) is 7.37. The Balaban J connectivity index is 2.52. The van der Waals surface area contributed by atoms with Crippen molar-refractivity contribution < 1.29 is 14.3 Å². The van der Waals surface area contributed by atoms with Gasteiger partial charge >= 0.3 is 5.97 Å². The molecule has 6 heteroatoms. The number of esters is 1. The van der Waals surface area contributed by atoms with E-state index in [-0.39, 0.29) is 18.1 Å². The minimum absolute atomic E-state index is 0.223. The standard InChI is InChI=1S/C13H23N3O3/c1-5-19-11-8-14-16(9-11)7-6-12(13(17)18-4)15-10(2)3/h8-10,12,15H,5-7H2,1-4H3. The number of hydrogen-bond donors (Lipinski definition) is 1. The number of methoxy groups -OCH3 is 1. The first-order valence-corrected chi connectivity index (χ1v) is 6.56. The molecule has 6 nitrogen and oxygen atoms in total. The quantitative estimate of drug-likeness (QED) is 0.719. The van der Waals surface area contributed by atoms with Crippen molar-refractivity contribution in [2.24, 2.45) is 0 Å². The second kappa shape index (κ2) is 7.78. The highest BCUT2D eigenvalue weighted by atomic mass is 16.5. The van der Waals surface area contributed by atoms with Crippen molar-refractivity contribution in [3.63, 3.8) is 0 Å². The van der Waals surface area contributed by atoms with Gasteiger partial charge in [-0.2, -0.15) is 5.10 Å². The highest BCUT2D eigenvalue weighted by Crippen LogP contribution is 2.09. The molecular weight excluding hydrogens is 246 g/mol. The van der Waals surface area contributed by atoms with Crippen LogP contribution in [0.4, 0.5) is 0 Å². The monoisotopic (exact) mass is 269 g/mol. The number of nitrogens with zero attached hydrogens (tertiary/aromatic N) is 2. The molecule has 1 atom stereocenters. The first-order valence-electron chi connectivity index (χ1n) is 6.56. The molecule has 0 saturated carbocycles. The summed E-state index contributed by atoms with van der Waals surface area (Å²) in [4.78, 5) is 11.6. The van der Waals surface area contributed by atoms with Crippen LogP contribution in [-0.2, 0) is 16.1 Å². The molecule has 19 heavy (non-hydrogen) atoms. The van der Waals surface area contributed by atoms with Crippen molar-refractivity contribution >= 4 is 5.97 Å². The lowest BCUT2D eigenvalue weighted by molar-refractivity contribution is -0.143. The summed E-state index contributed by atoms with van der Waals surface area (Å²) in [6.45, 7) is 7.17. The van der Waals surface area contributed by atoms with E-state index in [1.807, 2.05) is 27.0 Å². The Morgan fingerprint density at radius 1 is 1.53 bits per heavy atom. The molecule has 0 amide bonds. The van der Waals surface area contributed by atoms with E-state index in [1.54, 1.807) is 10.9 Å². The van der Waals surface area contributed by atoms with Gasteiger partial charge in [0.15, 0.2) is 5.75 Å². The lowest BCUT2D eigenvalue weighted by Gasteiger charge is -2.18. The Hall–Kier alpha value is -1.56. The summed E-state index contributed by atoms with van der Waals surface area (Å²) in [6.07, 6.45) is 4.12. The number of nitrogens with one attached hydrogen (secondary N) is 1. The number of carbonyl (C=O) groups excluding carboxylic acids is 1. The second-order valence-corrected chi connectivity index (χ2v) is 4.56. The number of carbonyl (C=O) groups is 1. The van der Waals surface area contributed by atoms with E-state index in [0.29, 0.717) is 19.6 Å². The molecule has 1 N–H and O–H groups in total. The zero-order valence-corrected chi connectivity index (χ0v) is 12.0. The fraction of sp³-hybridized carbons (Fsp3) is 0.692. The predicted molar refractivity (Wildman–Crippen MR) is 72.1 cm³/mol. The molecule has 1 heterocycles. The molecule has 1 aromatic rings. The summed E-state index contributed by atoms with van der Waals surface area (Å²) < 4.78 is 11.9. The van der Waals surface area contributed by atoms with Gasteiger partial charge in [0.2, 0.25) is 0 Å². The van der Waals surface area contributed by atoms with Gasteiger partial charge in [0, 0.05) is 12.6 Å². The van der Waals surface area contributed by atoms with Gasteiger partial charge in [0.1, 0.15) is 6.04 Å². The van der Waals surface area contributed by atoms with Gasteiger partial charge in [0.25, 0.3) is 0 Å². The Morgan fingerprint density at radius 2 is 2.26 bits per heavy atom. The molecule has 108 valence electrons. The van der Waals surface area contributed by atoms with Crippen LogP contribution < -0.4 is 10.1 Å². The van der Waals surface area contributed by atoms with Crippen molar-refractivity contribution in [3.05, 3.63) is 12.4 Å². The van der Waals surface area contributed by atoms with Crippen LogP contribution in [0.25, 0.3) is 0 Å². The number of aromatic nitrogens is 2. The predicted octanol–water partition coefficient (Wildman–Crippen LogP) is 1.21. The Bertz CT molecular complexity index is 390. The maximum Gasteiger partial charge on any atom is 0.322 e. The minimum atomic E-state index is -0.315. The number of rotatable bonds is 8. The van der Waals surface area contributed by atoms with E-state index in [2.05, 4.69) is 10.4 Å². The van der Waals surface area contributed by atoms with Crippen LogP contribution in [0.3, 0.4) is 0 Å². The minimum Gasteiger partial charge on any atom is -0.491 e. The normalized spacial score (nSPS) is 12.5. The van der Waals surface area contributed by atoms with E-state index < -0.39 is 0 Å². The van der Waals surface area contributed by atoms with E-state index in [1.165, 1.54) is 7.11 Å². The zero-order valence-electron chi connectivity index (χ0n) is 12.0. The molecule has 0 aromatic carbocycles. The average molecular weight is 269 g/mol. The maximum atomic E-state index is 11.6. The van der Waals surface area contributed by atoms with E-state index in [9.17, 15) is 4.79 Å². The van der Waals surface area contributed by atoms with E-state index in [4.69, 9.17) is 9.47 Å². The van der Waals surface area contributed by atoms with E-state index >= 15 is 0 Å². The molecule has 1 unspecified atom stereocenters. The molecule has 0 saturated heterocycles. The van der Waals surface area contributed by atoms with Crippen molar-refractivity contribution in [2.45, 2.75) is 45.8 Å². The lowest BCUT2D eigenvalue weighted by Crippen LogP contribution is -2.42. The fourth-order valence-electron chi connectivity index (χ4n) is 1.78. The topological polar surface area (TPSA) is 65.4 Å². The fourth-order valence-corrected chi connectivity index (χ4v) is 1.78. The van der Waals surface area contributed by atoms with E-state index in [0.717, 1.165) is 5.75 Å². The number of hydrogen-bond acceptors (Lipinski definition) is 5. The summed E-state index contributed by atoms with van der Waals surface area (Å²) in [5.74, 6) is 0.500. The Labute approximate surface area is 114 Å². The second-order valence-electron chi connectivity index (χ2n) is 4.56. The van der Waals surface area contributed by atoms with Gasteiger partial charge in [-0.3, -0.25) is 9.48 Å². The van der Waals surface area contributed by atoms with Crippen molar-refractivity contribution in [3.8, 4) is 5.75 Å². The summed E-state index contributed by atoms with van der Waals surface area (Å²) in [5.41, 5.74) is 0. The van der Waals surface area contributed by atoms with Crippen LogP contribution in [0.2, 0.25) is 0 Å². The van der Waals surface area contributed by atoms with Gasteiger partial charge < -0.3 is 14.8 Å². The molecule has 0 radical (unpaired) electrons. The van der Waals surface area contributed by atoms with Gasteiger partial charge in [-0.05, 0) is 13.3 Å². The summed E-state index contributed by atoms with van der Waals surface area (Å²) in [6, 6.07) is -0.0922. The zero-order chi connectivity index (χ0) is 14.3. The molecular formula is C13H23N3O3. The molecule has 0 aliphatic heterocycles. The summed E-state index contributed by atoms with van der Waals surface area (Å²) in [7, 11) is 1.40. The lowest BCUT2D eigenvalue weighted by atomic mass is 10.2. The van der Waals surface area contributed by atoms with Crippen LogP contribution in [-0.4, -0.2) is 41.6 Å². The largest absolute Gasteiger partial charge is 0.491 e. The van der Waals surface area contributed by atoms with Crippen LogP contribution in [0.5, 0.6) is 5.75 Å². The first-order chi connectivity index (χ1) is 9.06. The Morgan fingerprint density at radius 3 is 2.84 bits per heavy atom. The Kier molecular flexibility index (Phi) is 6.35. The van der Waals surface area contributed by atoms with Crippen molar-refractivity contribution in [2.75, 3.05) is 13.7 Å². The number of ether oxygens (including phenoxy) is 2. The third-order valence-corrected chi connectivity index (χ3v) is 2.59. The summed E-state index contributed by atoms with van der Waals surface area (Å²) >= 11 is 0. The molecule has 0 aliphatic rings. The van der Waals surface area contributed by atoms with Gasteiger partial charge in [0.05, 0.1) is 26.1 Å². The van der Waals surface area contributed by atoms with Crippen LogP contribution >= 0.6 is 0 Å². The third-order valence-electron chi connectivity index (χ3n) is 2.59. The smallest absolute Gasteiger partial charge is 0.322 e. The van der Waals surface area contributed by atoms with Crippen LogP contribution in [0.15, 0.2) is 12.4 Å². The SMILES string of the molecule is CCOc1cnn(CCC(NC(C)C)C(=O)OC)c1. The third kappa shape index (κ3) is 5.30. The average Bonchev–Trinajstić information content (AvgIpc) is 2.81.